The number of carboxylic acids is 1. The molecule has 5 heterocycles. The van der Waals surface area contributed by atoms with Gasteiger partial charge in [0, 0.05) is 73.5 Å². The average Bonchev–Trinajstić information content (AvgIpc) is 3.83. The Balaban J connectivity index is 1.16. The number of aromatic nitrogens is 3. The van der Waals surface area contributed by atoms with E-state index in [1.807, 2.05) is 42.3 Å². The SMILES string of the molecule is COc1cc(/C=C/c2nccc(-c3cccc(Nc4nccc5cc(CN6CCC(O)C6)cnc45)c3C)c2C#N)c(C(F)(F)F)cc1CN1CC[C@@H](C(=O)O)C1. The number of hydrogen-bond donors (Lipinski definition) is 3. The van der Waals surface area contributed by atoms with Crippen molar-refractivity contribution in [3.63, 3.8) is 0 Å². The molecule has 0 aliphatic carbocycles. The van der Waals surface area contributed by atoms with Gasteiger partial charge in [0.25, 0.3) is 0 Å². The van der Waals surface area contributed by atoms with E-state index in [2.05, 4.69) is 32.3 Å². The minimum Gasteiger partial charge on any atom is -0.496 e. The summed E-state index contributed by atoms with van der Waals surface area (Å²) in [4.78, 5) is 29.1. The number of likely N-dealkylation sites (tertiary alicyclic amines) is 2. The highest BCUT2D eigenvalue weighted by molar-refractivity contribution is 5.91. The van der Waals surface area contributed by atoms with Crippen molar-refractivity contribution in [1.82, 2.24) is 24.8 Å². The Bertz CT molecular complexity index is 2360. The molecule has 2 atom stereocenters. The van der Waals surface area contributed by atoms with Gasteiger partial charge >= 0.3 is 12.1 Å². The third-order valence-corrected chi connectivity index (χ3v) is 10.5. The second-order valence-electron chi connectivity index (χ2n) is 14.2. The first-order valence-electron chi connectivity index (χ1n) is 18.2. The molecule has 288 valence electrons. The lowest BCUT2D eigenvalue weighted by Gasteiger charge is -2.20. The monoisotopic (exact) mass is 763 g/mol. The predicted octanol–water partition coefficient (Wildman–Crippen LogP) is 7.29. The number of nitriles is 1. The van der Waals surface area contributed by atoms with Crippen molar-refractivity contribution in [3.8, 4) is 22.9 Å². The number of alkyl halides is 3. The molecule has 2 aromatic carbocycles. The van der Waals surface area contributed by atoms with E-state index in [1.165, 1.54) is 31.5 Å². The highest BCUT2D eigenvalue weighted by Gasteiger charge is 2.35. The van der Waals surface area contributed by atoms with Crippen molar-refractivity contribution in [2.24, 2.45) is 5.92 Å². The van der Waals surface area contributed by atoms with Crippen LogP contribution in [0.5, 0.6) is 5.75 Å². The first-order valence-corrected chi connectivity index (χ1v) is 18.2. The molecule has 1 unspecified atom stereocenters. The number of methoxy groups -OCH3 is 1. The van der Waals surface area contributed by atoms with Gasteiger partial charge < -0.3 is 20.3 Å². The van der Waals surface area contributed by atoms with Crippen LogP contribution in [0, 0.1) is 24.2 Å². The quantitative estimate of drug-likeness (QED) is 0.125. The number of benzene rings is 2. The van der Waals surface area contributed by atoms with Gasteiger partial charge in [0.2, 0.25) is 0 Å². The summed E-state index contributed by atoms with van der Waals surface area (Å²) in [5.74, 6) is -0.707. The van der Waals surface area contributed by atoms with E-state index in [1.54, 1.807) is 12.3 Å². The van der Waals surface area contributed by atoms with Gasteiger partial charge in [0.1, 0.15) is 17.3 Å². The van der Waals surface area contributed by atoms with E-state index in [9.17, 15) is 33.4 Å². The van der Waals surface area contributed by atoms with Crippen molar-refractivity contribution >= 4 is 40.5 Å². The van der Waals surface area contributed by atoms with Gasteiger partial charge in [-0.15, -0.1) is 0 Å². The van der Waals surface area contributed by atoms with Crippen LogP contribution in [-0.4, -0.2) is 80.3 Å². The van der Waals surface area contributed by atoms with E-state index in [-0.39, 0.29) is 41.8 Å². The Morgan fingerprint density at radius 3 is 2.52 bits per heavy atom. The fourth-order valence-electron chi connectivity index (χ4n) is 7.56. The number of nitrogens with one attached hydrogen (secondary N) is 1. The third kappa shape index (κ3) is 8.20. The molecule has 5 aromatic rings. The molecular formula is C42H40F3N7O4. The van der Waals surface area contributed by atoms with Gasteiger partial charge in [0.15, 0.2) is 5.82 Å². The summed E-state index contributed by atoms with van der Waals surface area (Å²) in [6.45, 7) is 4.87. The topological polar surface area (TPSA) is 148 Å². The summed E-state index contributed by atoms with van der Waals surface area (Å²) in [6.07, 6.45) is 3.90. The third-order valence-electron chi connectivity index (χ3n) is 10.5. The molecule has 7 rings (SSSR count). The molecular weight excluding hydrogens is 724 g/mol. The number of hydrogen-bond acceptors (Lipinski definition) is 10. The Morgan fingerprint density at radius 2 is 1.80 bits per heavy atom. The lowest BCUT2D eigenvalue weighted by atomic mass is 9.94. The zero-order chi connectivity index (χ0) is 39.6. The van der Waals surface area contributed by atoms with Crippen LogP contribution < -0.4 is 10.1 Å². The highest BCUT2D eigenvalue weighted by atomic mass is 19.4. The maximum atomic E-state index is 14.5. The van der Waals surface area contributed by atoms with Gasteiger partial charge in [0.05, 0.1) is 36.0 Å². The zero-order valence-corrected chi connectivity index (χ0v) is 30.8. The number of carbonyl (C=O) groups is 1. The maximum absolute atomic E-state index is 14.5. The fraction of sp³-hybridized carbons (Fsp3) is 0.310. The number of anilines is 2. The van der Waals surface area contributed by atoms with E-state index in [0.717, 1.165) is 46.8 Å². The van der Waals surface area contributed by atoms with Crippen LogP contribution in [0.1, 0.15) is 51.9 Å². The molecule has 2 fully saturated rings. The number of carboxylic acid groups (broad SMARTS) is 1. The molecule has 0 bridgehead atoms. The average molecular weight is 764 g/mol. The first-order chi connectivity index (χ1) is 26.9. The molecule has 14 heteroatoms. The Hall–Kier alpha value is -5.88. The summed E-state index contributed by atoms with van der Waals surface area (Å²) >= 11 is 0. The van der Waals surface area contributed by atoms with Crippen molar-refractivity contribution in [2.75, 3.05) is 38.6 Å². The number of fused-ring (bicyclic) bond motifs is 1. The van der Waals surface area contributed by atoms with Crippen LogP contribution in [0.2, 0.25) is 0 Å². The van der Waals surface area contributed by atoms with E-state index in [4.69, 9.17) is 9.72 Å². The molecule has 0 spiro atoms. The second kappa shape index (κ2) is 16.1. The maximum Gasteiger partial charge on any atom is 0.417 e. The molecule has 0 amide bonds. The Morgan fingerprint density at radius 1 is 1.02 bits per heavy atom. The molecule has 2 aliphatic rings. The smallest absolute Gasteiger partial charge is 0.417 e. The minimum atomic E-state index is -4.71. The Kier molecular flexibility index (Phi) is 11.0. The molecule has 2 aliphatic heterocycles. The summed E-state index contributed by atoms with van der Waals surface area (Å²) in [7, 11) is 1.38. The number of aliphatic hydroxyl groups excluding tert-OH is 1. The van der Waals surface area contributed by atoms with Crippen molar-refractivity contribution in [3.05, 3.63) is 106 Å². The van der Waals surface area contributed by atoms with Gasteiger partial charge in [-0.2, -0.15) is 18.4 Å². The van der Waals surface area contributed by atoms with Gasteiger partial charge in [-0.3, -0.25) is 24.6 Å². The predicted molar refractivity (Wildman–Crippen MR) is 206 cm³/mol. The molecule has 0 radical (unpaired) electrons. The molecule has 0 saturated carbocycles. The van der Waals surface area contributed by atoms with Crippen LogP contribution in [0.25, 0.3) is 34.2 Å². The number of halogens is 3. The summed E-state index contributed by atoms with van der Waals surface area (Å²) < 4.78 is 48.9. The second-order valence-corrected chi connectivity index (χ2v) is 14.2. The lowest BCUT2D eigenvalue weighted by Crippen LogP contribution is -2.23. The number of aliphatic hydroxyl groups is 1. The molecule has 56 heavy (non-hydrogen) atoms. The van der Waals surface area contributed by atoms with Crippen molar-refractivity contribution < 1.29 is 32.9 Å². The molecule has 3 N–H and O–H groups in total. The number of β-amino-alcohol motifs (C(OH)–C–C–N with tert-alkyl or cyclic N) is 1. The minimum absolute atomic E-state index is 0.106. The van der Waals surface area contributed by atoms with Gasteiger partial charge in [-0.05, 0) is 91.0 Å². The summed E-state index contributed by atoms with van der Waals surface area (Å²) in [5.41, 5.74) is 4.15. The largest absolute Gasteiger partial charge is 0.496 e. The normalized spacial score (nSPS) is 17.8. The van der Waals surface area contributed by atoms with Crippen LogP contribution >= 0.6 is 0 Å². The summed E-state index contributed by atoms with van der Waals surface area (Å²) in [6, 6.07) is 15.8. The fourth-order valence-corrected chi connectivity index (χ4v) is 7.56. The van der Waals surface area contributed by atoms with Crippen molar-refractivity contribution in [1.29, 1.82) is 5.26 Å². The standard InChI is InChI=1S/C42H40F3N7O4/c1-25-32(4-3-5-36(25)50-40-39-28(8-12-48-40)16-26(20-49-39)21-51-15-11-31(53)24-51)33-9-13-47-37(34(33)19-46)7-6-27-18-38(56-2)30(17-35(27)42(43,44)45)23-52-14-10-29(22-52)41(54)55/h3-9,12-13,16-18,20,29,31,53H,10-11,14-15,21-24H2,1-2H3,(H,48,50)(H,54,55)/b7-6+/t29-,31?/m1/s1. The van der Waals surface area contributed by atoms with Gasteiger partial charge in [-0.25, -0.2) is 4.98 Å². The zero-order valence-electron chi connectivity index (χ0n) is 30.8. The first kappa shape index (κ1) is 38.4. The van der Waals surface area contributed by atoms with E-state index >= 15 is 0 Å². The highest BCUT2D eigenvalue weighted by Crippen LogP contribution is 2.39. The van der Waals surface area contributed by atoms with E-state index < -0.39 is 23.6 Å². The number of ether oxygens (including phenoxy) is 1. The Labute approximate surface area is 321 Å². The lowest BCUT2D eigenvalue weighted by molar-refractivity contribution is -0.141. The summed E-state index contributed by atoms with van der Waals surface area (Å²) in [5, 5.41) is 34.0. The molecule has 2 saturated heterocycles. The van der Waals surface area contributed by atoms with Crippen molar-refractivity contribution in [2.45, 2.75) is 45.1 Å². The number of pyridine rings is 3. The van der Waals surface area contributed by atoms with E-state index in [0.29, 0.717) is 48.5 Å². The number of aliphatic carboxylic acids is 1. The number of nitrogens with zero attached hydrogens (tertiary/aromatic N) is 6. The van der Waals surface area contributed by atoms with Crippen LogP contribution in [-0.2, 0) is 24.1 Å². The van der Waals surface area contributed by atoms with Crippen LogP contribution in [0.3, 0.4) is 0 Å². The molecule has 11 nitrogen and oxygen atoms in total. The molecule has 3 aromatic heterocycles. The van der Waals surface area contributed by atoms with Crippen LogP contribution in [0.15, 0.2) is 67.1 Å². The van der Waals surface area contributed by atoms with Gasteiger partial charge in [-0.1, -0.05) is 18.2 Å². The van der Waals surface area contributed by atoms with Crippen LogP contribution in [0.4, 0.5) is 24.7 Å². The number of rotatable bonds is 11.